The summed E-state index contributed by atoms with van der Waals surface area (Å²) < 4.78 is 51.0. The van der Waals surface area contributed by atoms with Gasteiger partial charge in [0, 0.05) is 31.6 Å². The predicted molar refractivity (Wildman–Crippen MR) is 68.6 cm³/mol. The number of rotatable bonds is 1. The van der Waals surface area contributed by atoms with Gasteiger partial charge in [0.1, 0.15) is 0 Å². The summed E-state index contributed by atoms with van der Waals surface area (Å²) in [7, 11) is 0. The molecule has 3 heterocycles. The minimum absolute atomic E-state index is 0.0235. The Morgan fingerprint density at radius 1 is 1.09 bits per heavy atom. The predicted octanol–water partition coefficient (Wildman–Crippen LogP) is 1.78. The molecule has 4 nitrogen and oxygen atoms in total. The van der Waals surface area contributed by atoms with Gasteiger partial charge in [0.05, 0.1) is 0 Å². The van der Waals surface area contributed by atoms with E-state index in [1.165, 1.54) is 4.90 Å². The Kier molecular flexibility index (Phi) is 3.78. The van der Waals surface area contributed by atoms with Gasteiger partial charge in [0.25, 0.3) is 11.5 Å². The van der Waals surface area contributed by atoms with E-state index in [-0.39, 0.29) is 30.8 Å². The summed E-state index contributed by atoms with van der Waals surface area (Å²) in [6.45, 7) is 0.539. The first kappa shape index (κ1) is 15.8. The fraction of sp³-hybridized carbons (Fsp3) is 0.846. The summed E-state index contributed by atoms with van der Waals surface area (Å²) in [5.41, 5.74) is -2.13. The summed E-state index contributed by atoms with van der Waals surface area (Å²) in [6, 6.07) is -0.532. The summed E-state index contributed by atoms with van der Waals surface area (Å²) in [5.74, 6) is -2.93. The van der Waals surface area contributed by atoms with Crippen LogP contribution in [0.1, 0.15) is 12.8 Å². The highest BCUT2D eigenvalue weighted by Gasteiger charge is 2.57. The number of hydrogen-bond donors (Lipinski definition) is 0. The van der Waals surface area contributed by atoms with Crippen molar-refractivity contribution in [1.29, 1.82) is 0 Å². The second kappa shape index (κ2) is 5.25. The third kappa shape index (κ3) is 2.45. The quantitative estimate of drug-likeness (QED) is 0.538. The molecule has 9 heteroatoms. The lowest BCUT2D eigenvalue weighted by molar-refractivity contribution is -0.196. The molecule has 4 rings (SSSR count). The molecule has 4 fully saturated rings. The number of carbonyl (C=O) groups excluding carboxylic acids is 2. The van der Waals surface area contributed by atoms with Crippen LogP contribution in [0, 0.1) is 17.8 Å². The Hall–Kier alpha value is -1.05. The monoisotopic (exact) mass is 342 g/mol. The SMILES string of the molecule is O=C(C(F)Cl)N1CC2C3CCC(C2C1)N(C(=O)C(F)(F)F)C3. The summed E-state index contributed by atoms with van der Waals surface area (Å²) in [5, 5.41) is 0. The zero-order valence-electron chi connectivity index (χ0n) is 11.5. The van der Waals surface area contributed by atoms with Crippen LogP contribution < -0.4 is 0 Å². The molecule has 0 aromatic rings. The number of carbonyl (C=O) groups is 2. The normalized spacial score (nSPS) is 35.5. The molecule has 0 spiro atoms. The lowest BCUT2D eigenvalue weighted by atomic mass is 9.66. The van der Waals surface area contributed by atoms with Crippen molar-refractivity contribution < 1.29 is 27.2 Å². The van der Waals surface area contributed by atoms with Crippen LogP contribution >= 0.6 is 11.6 Å². The summed E-state index contributed by atoms with van der Waals surface area (Å²) in [6.07, 6.45) is -3.66. The molecule has 124 valence electrons. The van der Waals surface area contributed by atoms with Crippen molar-refractivity contribution in [2.45, 2.75) is 30.7 Å². The number of amides is 2. The molecule has 0 N–H and O–H groups in total. The van der Waals surface area contributed by atoms with E-state index < -0.39 is 29.7 Å². The van der Waals surface area contributed by atoms with E-state index in [1.807, 2.05) is 0 Å². The van der Waals surface area contributed by atoms with Gasteiger partial charge in [-0.15, -0.1) is 0 Å². The molecule has 2 amide bonds. The lowest BCUT2D eigenvalue weighted by Gasteiger charge is -2.51. The summed E-state index contributed by atoms with van der Waals surface area (Å²) >= 11 is 5.16. The molecule has 0 aromatic carbocycles. The van der Waals surface area contributed by atoms with Crippen LogP contribution in [0.3, 0.4) is 0 Å². The molecule has 22 heavy (non-hydrogen) atoms. The van der Waals surface area contributed by atoms with Gasteiger partial charge < -0.3 is 9.80 Å². The Bertz CT molecular complexity index is 499. The Morgan fingerprint density at radius 3 is 2.32 bits per heavy atom. The number of hydrogen-bond acceptors (Lipinski definition) is 2. The smallest absolute Gasteiger partial charge is 0.338 e. The molecule has 5 atom stereocenters. The minimum Gasteiger partial charge on any atom is -0.338 e. The highest BCUT2D eigenvalue weighted by atomic mass is 35.5. The van der Waals surface area contributed by atoms with Gasteiger partial charge >= 0.3 is 12.1 Å². The van der Waals surface area contributed by atoms with Crippen molar-refractivity contribution in [2.75, 3.05) is 19.6 Å². The van der Waals surface area contributed by atoms with Crippen LogP contribution in [0.25, 0.3) is 0 Å². The highest BCUT2D eigenvalue weighted by molar-refractivity contribution is 6.29. The fourth-order valence-electron chi connectivity index (χ4n) is 4.29. The topological polar surface area (TPSA) is 40.6 Å². The van der Waals surface area contributed by atoms with Crippen LogP contribution in [-0.2, 0) is 9.59 Å². The average molecular weight is 343 g/mol. The molecular weight excluding hydrogens is 328 g/mol. The fourth-order valence-corrected chi connectivity index (χ4v) is 4.43. The van der Waals surface area contributed by atoms with E-state index in [2.05, 4.69) is 0 Å². The molecule has 3 aliphatic heterocycles. The maximum absolute atomic E-state index is 13.0. The number of nitrogens with zero attached hydrogens (tertiary/aromatic N) is 2. The van der Waals surface area contributed by atoms with Crippen LogP contribution in [0.4, 0.5) is 17.6 Å². The van der Waals surface area contributed by atoms with Crippen molar-refractivity contribution in [2.24, 2.45) is 17.8 Å². The molecule has 2 bridgehead atoms. The number of alkyl halides is 5. The molecule has 4 aliphatic rings. The molecule has 3 saturated heterocycles. The Morgan fingerprint density at radius 2 is 1.73 bits per heavy atom. The zero-order chi connectivity index (χ0) is 16.2. The maximum atomic E-state index is 13.0. The van der Waals surface area contributed by atoms with Gasteiger partial charge in [0.2, 0.25) is 0 Å². The first-order valence-electron chi connectivity index (χ1n) is 7.15. The van der Waals surface area contributed by atoms with E-state index in [1.54, 1.807) is 0 Å². The number of fused-ring (bicyclic) bond motifs is 2. The second-order valence-corrected chi connectivity index (χ2v) is 6.61. The molecule has 1 saturated carbocycles. The Labute approximate surface area is 129 Å². The first-order chi connectivity index (χ1) is 10.2. The van der Waals surface area contributed by atoms with E-state index in [4.69, 9.17) is 11.6 Å². The number of halogens is 5. The van der Waals surface area contributed by atoms with E-state index >= 15 is 0 Å². The second-order valence-electron chi connectivity index (χ2n) is 6.23. The van der Waals surface area contributed by atoms with Crippen LogP contribution in [0.15, 0.2) is 0 Å². The molecular formula is C13H15ClF4N2O2. The van der Waals surface area contributed by atoms with Crippen LogP contribution in [0.2, 0.25) is 0 Å². The third-order valence-electron chi connectivity index (χ3n) is 5.18. The minimum atomic E-state index is -4.89. The van der Waals surface area contributed by atoms with Crippen molar-refractivity contribution in [3.05, 3.63) is 0 Å². The maximum Gasteiger partial charge on any atom is 0.471 e. The van der Waals surface area contributed by atoms with E-state index in [9.17, 15) is 27.2 Å². The first-order valence-corrected chi connectivity index (χ1v) is 7.58. The van der Waals surface area contributed by atoms with Gasteiger partial charge in [-0.1, -0.05) is 11.6 Å². The zero-order valence-corrected chi connectivity index (χ0v) is 12.3. The molecule has 0 aromatic heterocycles. The number of piperidine rings is 2. The van der Waals surface area contributed by atoms with Crippen LogP contribution in [0.5, 0.6) is 0 Å². The highest BCUT2D eigenvalue weighted by Crippen LogP contribution is 2.48. The van der Waals surface area contributed by atoms with Crippen molar-refractivity contribution in [1.82, 2.24) is 9.80 Å². The third-order valence-corrected chi connectivity index (χ3v) is 5.37. The Balaban J connectivity index is 1.78. The van der Waals surface area contributed by atoms with E-state index in [0.29, 0.717) is 13.0 Å². The summed E-state index contributed by atoms with van der Waals surface area (Å²) in [4.78, 5) is 25.4. The lowest BCUT2D eigenvalue weighted by Crippen LogP contribution is -2.61. The van der Waals surface area contributed by atoms with Crippen molar-refractivity contribution >= 4 is 23.4 Å². The number of likely N-dealkylation sites (tertiary alicyclic amines) is 1. The average Bonchev–Trinajstić information content (AvgIpc) is 2.91. The molecule has 0 radical (unpaired) electrons. The van der Waals surface area contributed by atoms with E-state index in [0.717, 1.165) is 11.3 Å². The van der Waals surface area contributed by atoms with Crippen molar-refractivity contribution in [3.8, 4) is 0 Å². The van der Waals surface area contributed by atoms with Gasteiger partial charge in [-0.05, 0) is 24.7 Å². The van der Waals surface area contributed by atoms with Gasteiger partial charge in [-0.25, -0.2) is 4.39 Å². The largest absolute Gasteiger partial charge is 0.471 e. The molecule has 1 aliphatic carbocycles. The van der Waals surface area contributed by atoms with Gasteiger partial charge in [-0.3, -0.25) is 9.59 Å². The van der Waals surface area contributed by atoms with Crippen LogP contribution in [-0.4, -0.2) is 59.1 Å². The standard InChI is InChI=1S/C13H15ClF4N2O2/c14-10(15)11(21)19-4-7-6-1-2-9(8(7)5-19)20(3-6)12(22)13(16,17)18/h6-10H,1-5H2. The van der Waals surface area contributed by atoms with Gasteiger partial charge in [0.15, 0.2) is 0 Å². The van der Waals surface area contributed by atoms with Gasteiger partial charge in [-0.2, -0.15) is 13.2 Å². The molecule has 5 unspecified atom stereocenters. The van der Waals surface area contributed by atoms with Crippen molar-refractivity contribution in [3.63, 3.8) is 0 Å².